The van der Waals surface area contributed by atoms with Gasteiger partial charge in [-0.1, -0.05) is 13.3 Å². The van der Waals surface area contributed by atoms with E-state index in [1.165, 1.54) is 0 Å². The van der Waals surface area contributed by atoms with E-state index in [2.05, 4.69) is 37.1 Å². The van der Waals surface area contributed by atoms with Gasteiger partial charge in [0.05, 0.1) is 12.9 Å². The second-order valence-corrected chi connectivity index (χ2v) is 4.57. The first kappa shape index (κ1) is 14.5. The van der Waals surface area contributed by atoms with E-state index in [4.69, 9.17) is 0 Å². The quantitative estimate of drug-likeness (QED) is 0.676. The number of aromatic amines is 1. The van der Waals surface area contributed by atoms with Crippen molar-refractivity contribution in [2.45, 2.75) is 26.7 Å². The summed E-state index contributed by atoms with van der Waals surface area (Å²) in [6.07, 6.45) is 3.77. The van der Waals surface area contributed by atoms with Crippen LogP contribution in [0.4, 0.5) is 11.8 Å². The number of fused-ring (bicyclic) bond motifs is 1. The fraction of sp³-hybridized carbons (Fsp3) is 0.615. The van der Waals surface area contributed by atoms with Crippen LogP contribution >= 0.6 is 0 Å². The highest BCUT2D eigenvalue weighted by atomic mass is 16.3. The summed E-state index contributed by atoms with van der Waals surface area (Å²) >= 11 is 0. The van der Waals surface area contributed by atoms with Crippen molar-refractivity contribution in [2.24, 2.45) is 0 Å². The molecule has 3 N–H and O–H groups in total. The molecular weight excluding hydrogens is 256 g/mol. The number of aliphatic hydroxyl groups excluding tert-OH is 1. The first-order valence-corrected chi connectivity index (χ1v) is 7.10. The number of rotatable bonds is 8. The number of hydrogen-bond acceptors (Lipinski definition) is 6. The Bertz CT molecular complexity index is 541. The molecule has 0 aromatic carbocycles. The highest BCUT2D eigenvalue weighted by Crippen LogP contribution is 2.22. The van der Waals surface area contributed by atoms with Crippen LogP contribution in [-0.2, 0) is 0 Å². The monoisotopic (exact) mass is 278 g/mol. The molecular formula is C13H22N6O. The van der Waals surface area contributed by atoms with Gasteiger partial charge in [-0.05, 0) is 13.3 Å². The van der Waals surface area contributed by atoms with Gasteiger partial charge < -0.3 is 20.3 Å². The number of aliphatic hydroxyl groups is 1. The second-order valence-electron chi connectivity index (χ2n) is 4.57. The molecule has 0 saturated carbocycles. The zero-order chi connectivity index (χ0) is 14.4. The van der Waals surface area contributed by atoms with Crippen LogP contribution in [0.15, 0.2) is 6.33 Å². The first-order chi connectivity index (χ1) is 9.80. The Hall–Kier alpha value is -1.89. The minimum absolute atomic E-state index is 0.0971. The van der Waals surface area contributed by atoms with Crippen LogP contribution in [0.25, 0.3) is 11.2 Å². The van der Waals surface area contributed by atoms with Crippen molar-refractivity contribution >= 4 is 22.9 Å². The van der Waals surface area contributed by atoms with Crippen LogP contribution in [0.5, 0.6) is 0 Å². The van der Waals surface area contributed by atoms with E-state index in [1.807, 2.05) is 6.92 Å². The third kappa shape index (κ3) is 3.16. The molecule has 0 radical (unpaired) electrons. The lowest BCUT2D eigenvalue weighted by atomic mass is 10.3. The van der Waals surface area contributed by atoms with E-state index < -0.39 is 0 Å². The van der Waals surface area contributed by atoms with Crippen LogP contribution < -0.4 is 10.2 Å². The largest absolute Gasteiger partial charge is 0.395 e. The van der Waals surface area contributed by atoms with Crippen LogP contribution in [-0.4, -0.2) is 51.3 Å². The van der Waals surface area contributed by atoms with Gasteiger partial charge in [0, 0.05) is 19.6 Å². The molecule has 0 aliphatic heterocycles. The van der Waals surface area contributed by atoms with Gasteiger partial charge >= 0.3 is 0 Å². The van der Waals surface area contributed by atoms with Gasteiger partial charge in [0.2, 0.25) is 5.95 Å². The summed E-state index contributed by atoms with van der Waals surface area (Å²) in [6, 6.07) is 0. The van der Waals surface area contributed by atoms with Gasteiger partial charge in [-0.3, -0.25) is 0 Å². The average molecular weight is 278 g/mol. The normalized spacial score (nSPS) is 10.9. The Morgan fingerprint density at radius 2 is 2.15 bits per heavy atom. The van der Waals surface area contributed by atoms with E-state index in [0.717, 1.165) is 37.3 Å². The average Bonchev–Trinajstić information content (AvgIpc) is 2.91. The molecule has 2 heterocycles. The van der Waals surface area contributed by atoms with Crippen LogP contribution in [0, 0.1) is 0 Å². The Morgan fingerprint density at radius 1 is 1.30 bits per heavy atom. The van der Waals surface area contributed by atoms with Gasteiger partial charge in [-0.15, -0.1) is 0 Å². The maximum Gasteiger partial charge on any atom is 0.226 e. The Kier molecular flexibility index (Phi) is 5.11. The third-order valence-corrected chi connectivity index (χ3v) is 3.05. The van der Waals surface area contributed by atoms with Crippen molar-refractivity contribution in [3.63, 3.8) is 0 Å². The van der Waals surface area contributed by atoms with Crippen LogP contribution in [0.1, 0.15) is 26.7 Å². The number of imidazole rings is 1. The molecule has 2 aromatic rings. The lowest BCUT2D eigenvalue weighted by Crippen LogP contribution is -2.29. The van der Waals surface area contributed by atoms with Gasteiger partial charge in [0.1, 0.15) is 5.52 Å². The molecule has 2 aromatic heterocycles. The fourth-order valence-corrected chi connectivity index (χ4v) is 2.08. The predicted molar refractivity (Wildman–Crippen MR) is 80.1 cm³/mol. The van der Waals surface area contributed by atoms with E-state index >= 15 is 0 Å². The molecule has 0 amide bonds. The zero-order valence-corrected chi connectivity index (χ0v) is 12.1. The van der Waals surface area contributed by atoms with Crippen molar-refractivity contribution in [1.29, 1.82) is 0 Å². The summed E-state index contributed by atoms with van der Waals surface area (Å²) in [6.45, 7) is 6.40. The Labute approximate surface area is 118 Å². The molecule has 0 atom stereocenters. The summed E-state index contributed by atoms with van der Waals surface area (Å²) in [5.41, 5.74) is 1.46. The van der Waals surface area contributed by atoms with Crippen molar-refractivity contribution < 1.29 is 5.11 Å². The standard InChI is InChI=1S/C13H22N6O/c1-3-5-6-19(7-8-20)12-10-11(16-9-15-10)17-13(18-12)14-4-2/h9,20H,3-8H2,1-2H3,(H2,14,15,16,17,18). The molecule has 0 saturated heterocycles. The van der Waals surface area contributed by atoms with Crippen molar-refractivity contribution in [2.75, 3.05) is 36.5 Å². The first-order valence-electron chi connectivity index (χ1n) is 7.10. The molecule has 7 nitrogen and oxygen atoms in total. The number of aromatic nitrogens is 4. The third-order valence-electron chi connectivity index (χ3n) is 3.05. The molecule has 0 fully saturated rings. The molecule has 0 aliphatic carbocycles. The topological polar surface area (TPSA) is 90.0 Å². The molecule has 2 rings (SSSR count). The van der Waals surface area contributed by atoms with E-state index in [-0.39, 0.29) is 6.61 Å². The number of nitrogens with one attached hydrogen (secondary N) is 2. The summed E-state index contributed by atoms with van der Waals surface area (Å²) < 4.78 is 0. The molecule has 0 bridgehead atoms. The highest BCUT2D eigenvalue weighted by Gasteiger charge is 2.15. The molecule has 7 heteroatoms. The fourth-order valence-electron chi connectivity index (χ4n) is 2.08. The number of H-pyrrole nitrogens is 1. The van der Waals surface area contributed by atoms with E-state index in [9.17, 15) is 5.11 Å². The predicted octanol–water partition coefficient (Wildman–Crippen LogP) is 1.38. The summed E-state index contributed by atoms with van der Waals surface area (Å²) in [5.74, 6) is 1.37. The lowest BCUT2D eigenvalue weighted by Gasteiger charge is -2.23. The van der Waals surface area contributed by atoms with Gasteiger partial charge in [-0.2, -0.15) is 9.97 Å². The lowest BCUT2D eigenvalue weighted by molar-refractivity contribution is 0.301. The summed E-state index contributed by atoms with van der Waals surface area (Å²) in [5, 5.41) is 12.4. The summed E-state index contributed by atoms with van der Waals surface area (Å²) in [4.78, 5) is 18.3. The molecule has 0 unspecified atom stereocenters. The number of hydrogen-bond donors (Lipinski definition) is 3. The van der Waals surface area contributed by atoms with Crippen molar-refractivity contribution in [1.82, 2.24) is 19.9 Å². The Balaban J connectivity index is 2.39. The minimum Gasteiger partial charge on any atom is -0.395 e. The highest BCUT2D eigenvalue weighted by molar-refractivity contribution is 5.84. The van der Waals surface area contributed by atoms with Crippen LogP contribution in [0.3, 0.4) is 0 Å². The van der Waals surface area contributed by atoms with Crippen molar-refractivity contribution in [3.05, 3.63) is 6.33 Å². The second kappa shape index (κ2) is 7.04. The zero-order valence-electron chi connectivity index (χ0n) is 12.1. The van der Waals surface area contributed by atoms with Gasteiger partial charge in [0.25, 0.3) is 0 Å². The van der Waals surface area contributed by atoms with E-state index in [1.54, 1.807) is 6.33 Å². The smallest absolute Gasteiger partial charge is 0.226 e. The minimum atomic E-state index is 0.0971. The van der Waals surface area contributed by atoms with Crippen LogP contribution in [0.2, 0.25) is 0 Å². The number of nitrogens with zero attached hydrogens (tertiary/aromatic N) is 4. The molecule has 20 heavy (non-hydrogen) atoms. The molecule has 110 valence electrons. The number of anilines is 2. The Morgan fingerprint density at radius 3 is 2.85 bits per heavy atom. The maximum absolute atomic E-state index is 9.27. The maximum atomic E-state index is 9.27. The molecule has 0 aliphatic rings. The van der Waals surface area contributed by atoms with Gasteiger partial charge in [0.15, 0.2) is 11.5 Å². The number of unbranched alkanes of at least 4 members (excludes halogenated alkanes) is 1. The van der Waals surface area contributed by atoms with Crippen molar-refractivity contribution in [3.8, 4) is 0 Å². The summed E-state index contributed by atoms with van der Waals surface area (Å²) in [7, 11) is 0. The van der Waals surface area contributed by atoms with Gasteiger partial charge in [-0.25, -0.2) is 4.98 Å². The molecule has 0 spiro atoms. The van der Waals surface area contributed by atoms with E-state index in [0.29, 0.717) is 18.1 Å². The SMILES string of the molecule is CCCCN(CCO)c1nc(NCC)nc2nc[nH]c12.